The third-order valence-corrected chi connectivity index (χ3v) is 3.74. The van der Waals surface area contributed by atoms with Crippen molar-refractivity contribution in [2.45, 2.75) is 39.4 Å². The molecule has 4 nitrogen and oxygen atoms in total. The summed E-state index contributed by atoms with van der Waals surface area (Å²) in [6.45, 7) is 8.71. The zero-order valence-corrected chi connectivity index (χ0v) is 14.6. The number of hydrogen-bond donors (Lipinski definition) is 1. The normalized spacial score (nSPS) is 15.0. The maximum Gasteiger partial charge on any atom is 0.330 e. The second-order valence-electron chi connectivity index (χ2n) is 6.08. The van der Waals surface area contributed by atoms with Crippen LogP contribution in [0.3, 0.4) is 0 Å². The molecular weight excluding hydrogens is 304 g/mol. The minimum absolute atomic E-state index is 0.264. The maximum absolute atomic E-state index is 11.3. The molecule has 0 aliphatic heterocycles. The summed E-state index contributed by atoms with van der Waals surface area (Å²) in [4.78, 5) is 11.3. The summed E-state index contributed by atoms with van der Waals surface area (Å²) in [5, 5.41) is 10.2. The average Bonchev–Trinajstić information content (AvgIpc) is 2.56. The largest absolute Gasteiger partial charge is 0.463 e. The first-order valence-corrected chi connectivity index (χ1v) is 8.25. The van der Waals surface area contributed by atoms with Crippen LogP contribution in [-0.2, 0) is 20.9 Å². The molecule has 132 valence electrons. The highest BCUT2D eigenvalue weighted by Crippen LogP contribution is 2.29. The molecule has 0 aromatic heterocycles. The van der Waals surface area contributed by atoms with Gasteiger partial charge >= 0.3 is 5.97 Å². The third-order valence-electron chi connectivity index (χ3n) is 3.74. The lowest BCUT2D eigenvalue weighted by atomic mass is 9.81. The van der Waals surface area contributed by atoms with Gasteiger partial charge in [0.15, 0.2) is 0 Å². The second kappa shape index (κ2) is 10.8. The summed E-state index contributed by atoms with van der Waals surface area (Å²) < 4.78 is 10.4. The van der Waals surface area contributed by atoms with Gasteiger partial charge < -0.3 is 14.6 Å². The predicted octanol–water partition coefficient (Wildman–Crippen LogP) is 3.66. The Kier molecular flexibility index (Phi) is 9.05. The van der Waals surface area contributed by atoms with E-state index in [1.807, 2.05) is 43.3 Å². The van der Waals surface area contributed by atoms with Gasteiger partial charge in [0.2, 0.25) is 0 Å². The standard InChI is InChI=1S/C20H28O4/c1-4-20(3,13-9-12-19(22)24-5-2)14-18(21)16-23-15-17-10-7-6-8-11-17/h4,6-12,18,21H,1,5,13-16H2,2-3H3/b12-9+. The minimum Gasteiger partial charge on any atom is -0.463 e. The first-order valence-electron chi connectivity index (χ1n) is 8.25. The van der Waals surface area contributed by atoms with E-state index in [2.05, 4.69) is 6.58 Å². The highest BCUT2D eigenvalue weighted by Gasteiger charge is 2.23. The predicted molar refractivity (Wildman–Crippen MR) is 95.4 cm³/mol. The SMILES string of the molecule is C=CC(C)(C/C=C/C(=O)OCC)CC(O)COCc1ccccc1. The highest BCUT2D eigenvalue weighted by atomic mass is 16.5. The second-order valence-corrected chi connectivity index (χ2v) is 6.08. The van der Waals surface area contributed by atoms with Crippen LogP contribution in [0.2, 0.25) is 0 Å². The fourth-order valence-corrected chi connectivity index (χ4v) is 2.35. The molecule has 4 heteroatoms. The Morgan fingerprint density at radius 1 is 1.38 bits per heavy atom. The van der Waals surface area contributed by atoms with Crippen LogP contribution in [0.1, 0.15) is 32.3 Å². The van der Waals surface area contributed by atoms with Gasteiger partial charge in [-0.2, -0.15) is 0 Å². The summed E-state index contributed by atoms with van der Waals surface area (Å²) in [6.07, 6.45) is 5.51. The molecule has 0 amide bonds. The van der Waals surface area contributed by atoms with Gasteiger partial charge in [0.1, 0.15) is 0 Å². The molecule has 24 heavy (non-hydrogen) atoms. The molecule has 1 rings (SSSR count). The number of aliphatic hydroxyl groups is 1. The summed E-state index contributed by atoms with van der Waals surface area (Å²) >= 11 is 0. The maximum atomic E-state index is 11.3. The third kappa shape index (κ3) is 8.09. The van der Waals surface area contributed by atoms with Gasteiger partial charge in [0, 0.05) is 6.08 Å². The summed E-state index contributed by atoms with van der Waals surface area (Å²) in [7, 11) is 0. The number of carbonyl (C=O) groups is 1. The van der Waals surface area contributed by atoms with E-state index in [0.29, 0.717) is 26.1 Å². The summed E-state index contributed by atoms with van der Waals surface area (Å²) in [5.74, 6) is -0.351. The molecule has 0 aliphatic carbocycles. The molecule has 1 aromatic rings. The molecule has 0 spiro atoms. The Hall–Kier alpha value is -1.91. The molecule has 0 saturated heterocycles. The van der Waals surface area contributed by atoms with E-state index in [1.165, 1.54) is 6.08 Å². The minimum atomic E-state index is -0.590. The van der Waals surface area contributed by atoms with Crippen LogP contribution in [0.15, 0.2) is 55.1 Å². The highest BCUT2D eigenvalue weighted by molar-refractivity contribution is 5.81. The van der Waals surface area contributed by atoms with E-state index in [-0.39, 0.29) is 18.0 Å². The van der Waals surface area contributed by atoms with E-state index < -0.39 is 6.10 Å². The first kappa shape index (κ1) is 20.1. The van der Waals surface area contributed by atoms with Crippen molar-refractivity contribution in [2.75, 3.05) is 13.2 Å². The van der Waals surface area contributed by atoms with E-state index in [1.54, 1.807) is 13.0 Å². The molecule has 1 N–H and O–H groups in total. The Labute approximate surface area is 144 Å². The van der Waals surface area contributed by atoms with Gasteiger partial charge in [-0.15, -0.1) is 6.58 Å². The smallest absolute Gasteiger partial charge is 0.330 e. The van der Waals surface area contributed by atoms with Crippen molar-refractivity contribution in [1.29, 1.82) is 0 Å². The number of rotatable bonds is 11. The Balaban J connectivity index is 2.38. The summed E-state index contributed by atoms with van der Waals surface area (Å²) in [5.41, 5.74) is 0.770. The number of esters is 1. The van der Waals surface area contributed by atoms with E-state index in [0.717, 1.165) is 5.56 Å². The van der Waals surface area contributed by atoms with Gasteiger partial charge in [-0.25, -0.2) is 4.79 Å². The van der Waals surface area contributed by atoms with Crippen LogP contribution in [0, 0.1) is 5.41 Å². The topological polar surface area (TPSA) is 55.8 Å². The van der Waals surface area contributed by atoms with Crippen molar-refractivity contribution in [3.63, 3.8) is 0 Å². The number of ether oxygens (including phenoxy) is 2. The van der Waals surface area contributed by atoms with Gasteiger partial charge in [-0.1, -0.05) is 49.4 Å². The van der Waals surface area contributed by atoms with Crippen molar-refractivity contribution in [3.8, 4) is 0 Å². The first-order chi connectivity index (χ1) is 11.5. The van der Waals surface area contributed by atoms with Crippen LogP contribution < -0.4 is 0 Å². The van der Waals surface area contributed by atoms with Crippen LogP contribution >= 0.6 is 0 Å². The number of benzene rings is 1. The molecule has 0 radical (unpaired) electrons. The fourth-order valence-electron chi connectivity index (χ4n) is 2.35. The summed E-state index contributed by atoms with van der Waals surface area (Å²) in [6, 6.07) is 9.85. The molecule has 1 aromatic carbocycles. The van der Waals surface area contributed by atoms with Crippen LogP contribution in [0.5, 0.6) is 0 Å². The van der Waals surface area contributed by atoms with Crippen molar-refractivity contribution >= 4 is 5.97 Å². The van der Waals surface area contributed by atoms with Gasteiger partial charge in [-0.05, 0) is 30.7 Å². The molecule has 0 heterocycles. The molecule has 2 unspecified atom stereocenters. The van der Waals surface area contributed by atoms with E-state index >= 15 is 0 Å². The van der Waals surface area contributed by atoms with Crippen LogP contribution in [-0.4, -0.2) is 30.4 Å². The zero-order chi connectivity index (χ0) is 17.8. The van der Waals surface area contributed by atoms with Crippen molar-refractivity contribution in [2.24, 2.45) is 5.41 Å². The van der Waals surface area contributed by atoms with Crippen molar-refractivity contribution in [3.05, 3.63) is 60.7 Å². The molecule has 0 aliphatic rings. The number of carbonyl (C=O) groups excluding carboxylic acids is 1. The average molecular weight is 332 g/mol. The number of aliphatic hydroxyl groups excluding tert-OH is 1. The van der Waals surface area contributed by atoms with Crippen molar-refractivity contribution < 1.29 is 19.4 Å². The Morgan fingerprint density at radius 3 is 2.71 bits per heavy atom. The van der Waals surface area contributed by atoms with Crippen molar-refractivity contribution in [1.82, 2.24) is 0 Å². The number of hydrogen-bond acceptors (Lipinski definition) is 4. The molecule has 0 saturated carbocycles. The molecule has 0 bridgehead atoms. The molecular formula is C20H28O4. The molecule has 2 atom stereocenters. The van der Waals surface area contributed by atoms with Crippen LogP contribution in [0.4, 0.5) is 0 Å². The Morgan fingerprint density at radius 2 is 2.08 bits per heavy atom. The lowest BCUT2D eigenvalue weighted by molar-refractivity contribution is -0.137. The quantitative estimate of drug-likeness (QED) is 0.382. The van der Waals surface area contributed by atoms with Gasteiger partial charge in [-0.3, -0.25) is 0 Å². The monoisotopic (exact) mass is 332 g/mol. The fraction of sp³-hybridized carbons (Fsp3) is 0.450. The van der Waals surface area contributed by atoms with Gasteiger partial charge in [0.25, 0.3) is 0 Å². The van der Waals surface area contributed by atoms with Crippen LogP contribution in [0.25, 0.3) is 0 Å². The number of allylic oxidation sites excluding steroid dienone is 2. The Bertz CT molecular complexity index is 524. The zero-order valence-electron chi connectivity index (χ0n) is 14.6. The van der Waals surface area contributed by atoms with E-state index in [4.69, 9.17) is 9.47 Å². The lowest BCUT2D eigenvalue weighted by Gasteiger charge is -2.27. The van der Waals surface area contributed by atoms with E-state index in [9.17, 15) is 9.90 Å². The molecule has 0 fully saturated rings. The van der Waals surface area contributed by atoms with Gasteiger partial charge in [0.05, 0.1) is 25.9 Å². The lowest BCUT2D eigenvalue weighted by Crippen LogP contribution is -2.25.